The van der Waals surface area contributed by atoms with Crippen molar-refractivity contribution in [2.45, 2.75) is 39.5 Å². The third kappa shape index (κ3) is 5.65. The number of aliphatic hydroxyl groups excluding tert-OH is 1. The van der Waals surface area contributed by atoms with E-state index >= 15 is 0 Å². The van der Waals surface area contributed by atoms with E-state index in [1.54, 1.807) is 0 Å². The zero-order valence-corrected chi connectivity index (χ0v) is 13.1. The van der Waals surface area contributed by atoms with Gasteiger partial charge in [-0.2, -0.15) is 5.26 Å². The van der Waals surface area contributed by atoms with Crippen molar-refractivity contribution in [3.05, 3.63) is 24.3 Å². The highest BCUT2D eigenvalue weighted by Gasteiger charge is 2.24. The molecule has 4 nitrogen and oxygen atoms in total. The number of unbranched alkanes of at least 4 members (excludes halogenated alkanes) is 1. The van der Waals surface area contributed by atoms with Crippen molar-refractivity contribution in [1.29, 1.82) is 5.26 Å². The van der Waals surface area contributed by atoms with Crippen molar-refractivity contribution >= 4 is 5.69 Å². The Morgan fingerprint density at radius 1 is 1.33 bits per heavy atom. The summed E-state index contributed by atoms with van der Waals surface area (Å²) in [7, 11) is 0. The molecule has 0 saturated carbocycles. The summed E-state index contributed by atoms with van der Waals surface area (Å²) in [6.45, 7) is 5.71. The molecule has 0 aliphatic carbocycles. The van der Waals surface area contributed by atoms with Gasteiger partial charge in [0.25, 0.3) is 0 Å². The van der Waals surface area contributed by atoms with Crippen LogP contribution in [0.3, 0.4) is 0 Å². The summed E-state index contributed by atoms with van der Waals surface area (Å²) in [5, 5.41) is 21.5. The van der Waals surface area contributed by atoms with Crippen molar-refractivity contribution in [1.82, 2.24) is 0 Å². The van der Waals surface area contributed by atoms with Crippen LogP contribution in [0.5, 0.6) is 5.75 Å². The largest absolute Gasteiger partial charge is 0.493 e. The standard InChI is InChI=1S/C17H26N2O2/c1-3-17(4-2,14-20)13-19-15-8-7-9-16(12-15)21-11-6-5-10-18/h7-9,12,19-20H,3-6,11,13-14H2,1-2H3. The Kier molecular flexibility index (Phi) is 7.63. The van der Waals surface area contributed by atoms with Crippen LogP contribution in [0, 0.1) is 16.7 Å². The number of aliphatic hydroxyl groups is 1. The van der Waals surface area contributed by atoms with Gasteiger partial charge in [-0.15, -0.1) is 0 Å². The number of benzene rings is 1. The van der Waals surface area contributed by atoms with E-state index in [0.29, 0.717) is 13.0 Å². The van der Waals surface area contributed by atoms with E-state index in [-0.39, 0.29) is 12.0 Å². The van der Waals surface area contributed by atoms with Crippen LogP contribution >= 0.6 is 0 Å². The smallest absolute Gasteiger partial charge is 0.121 e. The van der Waals surface area contributed by atoms with E-state index < -0.39 is 0 Å². The summed E-state index contributed by atoms with van der Waals surface area (Å²) in [5.74, 6) is 0.806. The van der Waals surface area contributed by atoms with Crippen LogP contribution in [0.25, 0.3) is 0 Å². The quantitative estimate of drug-likeness (QED) is 0.646. The second kappa shape index (κ2) is 9.25. The lowest BCUT2D eigenvalue weighted by Crippen LogP contribution is -2.32. The number of ether oxygens (including phenoxy) is 1. The van der Waals surface area contributed by atoms with Gasteiger partial charge in [0.1, 0.15) is 5.75 Å². The molecule has 0 aromatic heterocycles. The molecule has 2 N–H and O–H groups in total. The minimum Gasteiger partial charge on any atom is -0.493 e. The molecular formula is C17H26N2O2. The molecule has 0 aliphatic heterocycles. The predicted octanol–water partition coefficient (Wildman–Crippen LogP) is 3.58. The maximum Gasteiger partial charge on any atom is 0.121 e. The molecule has 0 saturated heterocycles. The maximum absolute atomic E-state index is 9.58. The average molecular weight is 290 g/mol. The summed E-state index contributed by atoms with van der Waals surface area (Å²) in [6, 6.07) is 9.92. The highest BCUT2D eigenvalue weighted by atomic mass is 16.5. The van der Waals surface area contributed by atoms with Gasteiger partial charge in [0.15, 0.2) is 0 Å². The second-order valence-corrected chi connectivity index (χ2v) is 5.36. The first-order chi connectivity index (χ1) is 10.2. The Balaban J connectivity index is 2.54. The molecule has 116 valence electrons. The lowest BCUT2D eigenvalue weighted by Gasteiger charge is -2.30. The fourth-order valence-electron chi connectivity index (χ4n) is 2.11. The number of nitriles is 1. The lowest BCUT2D eigenvalue weighted by molar-refractivity contribution is 0.127. The summed E-state index contributed by atoms with van der Waals surface area (Å²) in [5.41, 5.74) is 0.927. The fraction of sp³-hybridized carbons (Fsp3) is 0.588. The molecule has 0 radical (unpaired) electrons. The van der Waals surface area contributed by atoms with E-state index in [4.69, 9.17) is 10.00 Å². The van der Waals surface area contributed by atoms with Crippen LogP contribution in [0.1, 0.15) is 39.5 Å². The first-order valence-corrected chi connectivity index (χ1v) is 7.64. The van der Waals surface area contributed by atoms with Gasteiger partial charge >= 0.3 is 0 Å². The Morgan fingerprint density at radius 2 is 2.10 bits per heavy atom. The summed E-state index contributed by atoms with van der Waals surface area (Å²) >= 11 is 0. The van der Waals surface area contributed by atoms with Gasteiger partial charge in [0.2, 0.25) is 0 Å². The van der Waals surface area contributed by atoms with Gasteiger partial charge in [0.05, 0.1) is 19.3 Å². The number of hydrogen-bond acceptors (Lipinski definition) is 4. The molecule has 0 atom stereocenters. The molecule has 0 amide bonds. The molecule has 21 heavy (non-hydrogen) atoms. The monoisotopic (exact) mass is 290 g/mol. The molecule has 1 rings (SSSR count). The van der Waals surface area contributed by atoms with E-state index in [2.05, 4.69) is 25.2 Å². The first-order valence-electron chi connectivity index (χ1n) is 7.64. The van der Waals surface area contributed by atoms with Crippen LogP contribution in [-0.4, -0.2) is 24.9 Å². The van der Waals surface area contributed by atoms with Crippen molar-refractivity contribution < 1.29 is 9.84 Å². The van der Waals surface area contributed by atoms with Crippen molar-refractivity contribution in [2.75, 3.05) is 25.1 Å². The molecular weight excluding hydrogens is 264 g/mol. The van der Waals surface area contributed by atoms with Gasteiger partial charge in [-0.05, 0) is 31.4 Å². The lowest BCUT2D eigenvalue weighted by atomic mass is 9.83. The predicted molar refractivity (Wildman–Crippen MR) is 85.4 cm³/mol. The Bertz CT molecular complexity index is 442. The molecule has 0 spiro atoms. The average Bonchev–Trinajstić information content (AvgIpc) is 2.54. The highest BCUT2D eigenvalue weighted by molar-refractivity contribution is 5.48. The van der Waals surface area contributed by atoms with Gasteiger partial charge in [0, 0.05) is 30.1 Å². The zero-order chi connectivity index (χ0) is 15.6. The Morgan fingerprint density at radius 3 is 2.71 bits per heavy atom. The molecule has 0 bridgehead atoms. The van der Waals surface area contributed by atoms with Crippen molar-refractivity contribution in [3.63, 3.8) is 0 Å². The van der Waals surface area contributed by atoms with Crippen LogP contribution in [0.2, 0.25) is 0 Å². The number of nitrogens with one attached hydrogen (secondary N) is 1. The number of rotatable bonds is 10. The summed E-state index contributed by atoms with van der Waals surface area (Å²) in [6.07, 6.45) is 3.14. The van der Waals surface area contributed by atoms with E-state index in [1.165, 1.54) is 0 Å². The topological polar surface area (TPSA) is 65.3 Å². The fourth-order valence-corrected chi connectivity index (χ4v) is 2.11. The second-order valence-electron chi connectivity index (χ2n) is 5.36. The highest BCUT2D eigenvalue weighted by Crippen LogP contribution is 2.27. The molecule has 1 aromatic carbocycles. The molecule has 1 aromatic rings. The third-order valence-electron chi connectivity index (χ3n) is 4.04. The summed E-state index contributed by atoms with van der Waals surface area (Å²) in [4.78, 5) is 0. The molecule has 0 fully saturated rings. The molecule has 0 aliphatic rings. The van der Waals surface area contributed by atoms with E-state index in [9.17, 15) is 5.11 Å². The Hall–Kier alpha value is -1.73. The van der Waals surface area contributed by atoms with E-state index in [0.717, 1.165) is 37.2 Å². The maximum atomic E-state index is 9.58. The molecule has 0 unspecified atom stereocenters. The Labute approximate surface area is 127 Å². The molecule has 0 heterocycles. The number of nitrogens with zero attached hydrogens (tertiary/aromatic N) is 1. The normalized spacial score (nSPS) is 11.0. The van der Waals surface area contributed by atoms with E-state index in [1.807, 2.05) is 24.3 Å². The third-order valence-corrected chi connectivity index (χ3v) is 4.04. The van der Waals surface area contributed by atoms with Gasteiger partial charge in [-0.1, -0.05) is 19.9 Å². The van der Waals surface area contributed by atoms with Crippen LogP contribution in [0.15, 0.2) is 24.3 Å². The SMILES string of the molecule is CCC(CC)(CO)CNc1cccc(OCCCC#N)c1. The van der Waals surface area contributed by atoms with Gasteiger partial charge in [-0.3, -0.25) is 0 Å². The number of anilines is 1. The van der Waals surface area contributed by atoms with Gasteiger partial charge in [-0.25, -0.2) is 0 Å². The zero-order valence-electron chi connectivity index (χ0n) is 13.1. The van der Waals surface area contributed by atoms with Crippen LogP contribution in [0.4, 0.5) is 5.69 Å². The van der Waals surface area contributed by atoms with Gasteiger partial charge < -0.3 is 15.2 Å². The van der Waals surface area contributed by atoms with Crippen molar-refractivity contribution in [2.24, 2.45) is 5.41 Å². The minimum atomic E-state index is -0.0658. The first kappa shape index (κ1) is 17.3. The van der Waals surface area contributed by atoms with Crippen LogP contribution < -0.4 is 10.1 Å². The summed E-state index contributed by atoms with van der Waals surface area (Å²) < 4.78 is 5.62. The number of hydrogen-bond donors (Lipinski definition) is 2. The molecule has 4 heteroatoms. The minimum absolute atomic E-state index is 0.0658. The van der Waals surface area contributed by atoms with Crippen molar-refractivity contribution in [3.8, 4) is 11.8 Å². The van der Waals surface area contributed by atoms with Crippen LogP contribution in [-0.2, 0) is 0 Å².